The van der Waals surface area contributed by atoms with Crippen LogP contribution in [0.25, 0.3) is 12.2 Å². The van der Waals surface area contributed by atoms with Crippen LogP contribution in [0.15, 0.2) is 19.2 Å². The van der Waals surface area contributed by atoms with Gasteiger partial charge >= 0.3 is 5.97 Å². The first-order valence-electron chi connectivity index (χ1n) is 7.75. The van der Waals surface area contributed by atoms with Crippen molar-refractivity contribution < 1.29 is 9.90 Å². The van der Waals surface area contributed by atoms with E-state index in [0.717, 1.165) is 56.5 Å². The van der Waals surface area contributed by atoms with Crippen molar-refractivity contribution in [2.45, 2.75) is 44.9 Å². The normalized spacial score (nSPS) is 10.2. The van der Waals surface area contributed by atoms with Gasteiger partial charge in [-0.05, 0) is 31.1 Å². The maximum Gasteiger partial charge on any atom is 0.303 e. The maximum atomic E-state index is 10.4. The number of aliphatic carboxylic acids is 1. The number of nitrogens with one attached hydrogen (secondary N) is 1. The summed E-state index contributed by atoms with van der Waals surface area (Å²) in [4.78, 5) is 19.0. The van der Waals surface area contributed by atoms with Crippen LogP contribution in [0.5, 0.6) is 0 Å². The van der Waals surface area contributed by atoms with Gasteiger partial charge in [0.05, 0.1) is 11.4 Å². The van der Waals surface area contributed by atoms with Crippen molar-refractivity contribution in [3.05, 3.63) is 30.6 Å². The van der Waals surface area contributed by atoms with Crippen LogP contribution in [0.3, 0.4) is 0 Å². The molecule has 120 valence electrons. The molecule has 0 aliphatic rings. The average molecular weight is 303 g/mol. The van der Waals surface area contributed by atoms with Gasteiger partial charge in [0.15, 0.2) is 0 Å². The number of hydrogen-bond donors (Lipinski definition) is 2. The van der Waals surface area contributed by atoms with Crippen LogP contribution in [0.1, 0.15) is 56.3 Å². The third kappa shape index (κ3) is 7.57. The summed E-state index contributed by atoms with van der Waals surface area (Å²) >= 11 is 0. The summed E-state index contributed by atoms with van der Waals surface area (Å²) < 4.78 is 0. The Balaban J connectivity index is 2.15. The molecule has 0 spiro atoms. The van der Waals surface area contributed by atoms with Crippen molar-refractivity contribution in [3.8, 4) is 0 Å². The Morgan fingerprint density at radius 3 is 2.14 bits per heavy atom. The first-order chi connectivity index (χ1) is 10.7. The molecule has 0 fully saturated rings. The third-order valence-corrected chi connectivity index (χ3v) is 3.28. The number of carbonyl (C=O) groups is 1. The molecule has 0 radical (unpaired) electrons. The molecule has 22 heavy (non-hydrogen) atoms. The molecule has 0 bridgehead atoms. The highest BCUT2D eigenvalue weighted by Crippen LogP contribution is 2.10. The van der Waals surface area contributed by atoms with Crippen molar-refractivity contribution in [1.82, 2.24) is 9.97 Å². The van der Waals surface area contributed by atoms with Crippen LogP contribution in [-0.4, -0.2) is 27.6 Å². The molecule has 1 aromatic heterocycles. The van der Waals surface area contributed by atoms with Crippen molar-refractivity contribution in [1.29, 1.82) is 0 Å². The van der Waals surface area contributed by atoms with Gasteiger partial charge in [0, 0.05) is 13.0 Å². The molecule has 0 saturated carbocycles. The minimum atomic E-state index is -0.704. The first kappa shape index (κ1) is 17.9. The fourth-order valence-electron chi connectivity index (χ4n) is 2.08. The lowest BCUT2D eigenvalue weighted by Gasteiger charge is -2.06. The SMILES string of the molecule is C=Cc1cc(C=C)nc(NCCCCCCCCC(=O)O)n1. The number of anilines is 1. The lowest BCUT2D eigenvalue weighted by Crippen LogP contribution is -2.06. The molecule has 1 aromatic rings. The Bertz CT molecular complexity index is 474. The lowest BCUT2D eigenvalue weighted by atomic mass is 10.1. The number of nitrogens with zero attached hydrogens (tertiary/aromatic N) is 2. The molecule has 5 nitrogen and oxygen atoms in total. The van der Waals surface area contributed by atoms with Gasteiger partial charge in [0.1, 0.15) is 0 Å². The molecule has 0 unspecified atom stereocenters. The zero-order chi connectivity index (χ0) is 16.2. The second kappa shape index (κ2) is 10.5. The first-order valence-corrected chi connectivity index (χ1v) is 7.75. The van der Waals surface area contributed by atoms with Crippen molar-refractivity contribution in [3.63, 3.8) is 0 Å². The molecule has 5 heteroatoms. The zero-order valence-electron chi connectivity index (χ0n) is 13.1. The number of carboxylic acids is 1. The third-order valence-electron chi connectivity index (χ3n) is 3.28. The zero-order valence-corrected chi connectivity index (χ0v) is 13.1. The van der Waals surface area contributed by atoms with Gasteiger partial charge in [-0.1, -0.05) is 38.8 Å². The summed E-state index contributed by atoms with van der Waals surface area (Å²) in [6, 6.07) is 1.84. The molecule has 0 aliphatic carbocycles. The molecule has 0 aromatic carbocycles. The Kier molecular flexibility index (Phi) is 8.57. The lowest BCUT2D eigenvalue weighted by molar-refractivity contribution is -0.137. The number of aromatic nitrogens is 2. The minimum absolute atomic E-state index is 0.282. The summed E-state index contributed by atoms with van der Waals surface area (Å²) in [6.45, 7) is 8.25. The van der Waals surface area contributed by atoms with Crippen molar-refractivity contribution >= 4 is 24.1 Å². The quantitative estimate of drug-likeness (QED) is 0.571. The number of carboxylic acid groups (broad SMARTS) is 1. The summed E-state index contributed by atoms with van der Waals surface area (Å²) in [7, 11) is 0. The van der Waals surface area contributed by atoms with Crippen LogP contribution >= 0.6 is 0 Å². The van der Waals surface area contributed by atoms with Crippen LogP contribution in [0, 0.1) is 0 Å². The fraction of sp³-hybridized carbons (Fsp3) is 0.471. The van der Waals surface area contributed by atoms with E-state index in [2.05, 4.69) is 28.4 Å². The number of rotatable bonds is 12. The largest absolute Gasteiger partial charge is 0.481 e. The Hall–Kier alpha value is -2.17. The van der Waals surface area contributed by atoms with Gasteiger partial charge in [0.2, 0.25) is 5.95 Å². The van der Waals surface area contributed by atoms with E-state index in [1.54, 1.807) is 12.2 Å². The van der Waals surface area contributed by atoms with E-state index in [1.165, 1.54) is 0 Å². The maximum absolute atomic E-state index is 10.4. The molecule has 0 aliphatic heterocycles. The van der Waals surface area contributed by atoms with E-state index in [0.29, 0.717) is 5.95 Å². The van der Waals surface area contributed by atoms with E-state index in [9.17, 15) is 4.79 Å². The summed E-state index contributed by atoms with van der Waals surface area (Å²) in [5, 5.41) is 11.8. The average Bonchev–Trinajstić information content (AvgIpc) is 2.52. The Morgan fingerprint density at radius 2 is 1.59 bits per heavy atom. The van der Waals surface area contributed by atoms with E-state index in [-0.39, 0.29) is 6.42 Å². The van der Waals surface area contributed by atoms with E-state index >= 15 is 0 Å². The van der Waals surface area contributed by atoms with Crippen LogP contribution in [-0.2, 0) is 4.79 Å². The number of unbranched alkanes of at least 4 members (excludes halogenated alkanes) is 5. The molecule has 0 amide bonds. The molecule has 0 saturated heterocycles. The van der Waals surface area contributed by atoms with E-state index < -0.39 is 5.97 Å². The van der Waals surface area contributed by atoms with Gasteiger partial charge in [-0.15, -0.1) is 0 Å². The second-order valence-corrected chi connectivity index (χ2v) is 5.14. The molecule has 1 rings (SSSR count). The Labute approximate surface area is 132 Å². The van der Waals surface area contributed by atoms with Gasteiger partial charge in [0.25, 0.3) is 0 Å². The highest BCUT2D eigenvalue weighted by molar-refractivity contribution is 5.66. The van der Waals surface area contributed by atoms with Crippen molar-refractivity contribution in [2.24, 2.45) is 0 Å². The standard InChI is InChI=1S/C17H25N3O2/c1-3-14-13-15(4-2)20-17(19-14)18-12-10-8-6-5-7-9-11-16(21)22/h3-4,13H,1-2,5-12H2,(H,21,22)(H,18,19,20). The number of hydrogen-bond acceptors (Lipinski definition) is 4. The van der Waals surface area contributed by atoms with Crippen molar-refractivity contribution in [2.75, 3.05) is 11.9 Å². The van der Waals surface area contributed by atoms with Crippen LogP contribution in [0.2, 0.25) is 0 Å². The molecule has 0 atom stereocenters. The van der Waals surface area contributed by atoms with Gasteiger partial charge in [-0.25, -0.2) is 9.97 Å². The highest BCUT2D eigenvalue weighted by Gasteiger charge is 2.00. The van der Waals surface area contributed by atoms with E-state index in [1.807, 2.05) is 6.07 Å². The summed E-state index contributed by atoms with van der Waals surface area (Å²) in [5.41, 5.74) is 1.57. The van der Waals surface area contributed by atoms with Crippen LogP contribution in [0.4, 0.5) is 5.95 Å². The van der Waals surface area contributed by atoms with Gasteiger partial charge < -0.3 is 10.4 Å². The predicted molar refractivity (Wildman–Crippen MR) is 90.7 cm³/mol. The monoisotopic (exact) mass is 303 g/mol. The van der Waals surface area contributed by atoms with E-state index in [4.69, 9.17) is 5.11 Å². The minimum Gasteiger partial charge on any atom is -0.481 e. The fourth-order valence-corrected chi connectivity index (χ4v) is 2.08. The highest BCUT2D eigenvalue weighted by atomic mass is 16.4. The smallest absolute Gasteiger partial charge is 0.303 e. The predicted octanol–water partition coefficient (Wildman–Crippen LogP) is 3.99. The van der Waals surface area contributed by atoms with Gasteiger partial charge in [-0.2, -0.15) is 0 Å². The molecular weight excluding hydrogens is 278 g/mol. The van der Waals surface area contributed by atoms with Gasteiger partial charge in [-0.3, -0.25) is 4.79 Å². The summed E-state index contributed by atoms with van der Waals surface area (Å²) in [6.07, 6.45) is 9.83. The Morgan fingerprint density at radius 1 is 1.05 bits per heavy atom. The molecule has 2 N–H and O–H groups in total. The topological polar surface area (TPSA) is 75.1 Å². The molecular formula is C17H25N3O2. The molecule has 1 heterocycles. The second-order valence-electron chi connectivity index (χ2n) is 5.14. The van der Waals surface area contributed by atoms with Crippen LogP contribution < -0.4 is 5.32 Å². The summed E-state index contributed by atoms with van der Waals surface area (Å²) in [5.74, 6) is -0.0985.